The monoisotopic (exact) mass is 235 g/mol. The second-order valence-corrected chi connectivity index (χ2v) is 5.35. The van der Waals surface area contributed by atoms with Gasteiger partial charge in [-0.2, -0.15) is 0 Å². The van der Waals surface area contributed by atoms with Crippen molar-refractivity contribution >= 4 is 0 Å². The van der Waals surface area contributed by atoms with Crippen LogP contribution in [0, 0.1) is 5.92 Å². The highest BCUT2D eigenvalue weighted by atomic mass is 16.3. The zero-order chi connectivity index (χ0) is 12.9. The van der Waals surface area contributed by atoms with E-state index in [1.807, 2.05) is 37.3 Å². The summed E-state index contributed by atoms with van der Waals surface area (Å²) < 4.78 is 0. The summed E-state index contributed by atoms with van der Waals surface area (Å²) in [6.07, 6.45) is 1.18. The molecule has 0 aliphatic heterocycles. The summed E-state index contributed by atoms with van der Waals surface area (Å²) in [6.45, 7) is 8.03. The highest BCUT2D eigenvalue weighted by Crippen LogP contribution is 2.21. The van der Waals surface area contributed by atoms with Crippen molar-refractivity contribution in [1.82, 2.24) is 4.90 Å². The van der Waals surface area contributed by atoms with Gasteiger partial charge < -0.3 is 10.0 Å². The van der Waals surface area contributed by atoms with Crippen molar-refractivity contribution in [2.75, 3.05) is 20.1 Å². The van der Waals surface area contributed by atoms with E-state index in [4.69, 9.17) is 0 Å². The lowest BCUT2D eigenvalue weighted by Crippen LogP contribution is -2.38. The molecule has 2 heteroatoms. The predicted octanol–water partition coefficient (Wildman–Crippen LogP) is 2.87. The zero-order valence-electron chi connectivity index (χ0n) is 11.5. The molecule has 0 aromatic heterocycles. The molecule has 2 nitrogen and oxygen atoms in total. The standard InChI is InChI=1S/C15H25NO/c1-5-13(2)11-16(4)12-15(3,17)14-9-7-6-8-10-14/h6-10,13,17H,5,11-12H2,1-4H3. The Morgan fingerprint density at radius 1 is 1.29 bits per heavy atom. The second kappa shape index (κ2) is 6.18. The first-order valence-electron chi connectivity index (χ1n) is 6.42. The first-order chi connectivity index (χ1) is 7.95. The van der Waals surface area contributed by atoms with E-state index in [0.29, 0.717) is 12.5 Å². The van der Waals surface area contributed by atoms with Gasteiger partial charge in [-0.3, -0.25) is 0 Å². The van der Waals surface area contributed by atoms with Crippen molar-refractivity contribution in [1.29, 1.82) is 0 Å². The van der Waals surface area contributed by atoms with Gasteiger partial charge >= 0.3 is 0 Å². The maximum Gasteiger partial charge on any atom is 0.0994 e. The third-order valence-corrected chi connectivity index (χ3v) is 3.29. The Kier molecular flexibility index (Phi) is 5.16. The lowest BCUT2D eigenvalue weighted by molar-refractivity contribution is 0.0201. The third kappa shape index (κ3) is 4.49. The van der Waals surface area contributed by atoms with E-state index in [1.165, 1.54) is 6.42 Å². The van der Waals surface area contributed by atoms with Crippen LogP contribution < -0.4 is 0 Å². The van der Waals surface area contributed by atoms with Crippen LogP contribution in [0.2, 0.25) is 0 Å². The van der Waals surface area contributed by atoms with Crippen molar-refractivity contribution in [3.05, 3.63) is 35.9 Å². The molecule has 0 aliphatic carbocycles. The Bertz CT molecular complexity index is 321. The SMILES string of the molecule is CCC(C)CN(C)CC(C)(O)c1ccccc1. The van der Waals surface area contributed by atoms with Gasteiger partial charge in [0.05, 0.1) is 5.60 Å². The van der Waals surface area contributed by atoms with Gasteiger partial charge in [-0.1, -0.05) is 50.6 Å². The highest BCUT2D eigenvalue weighted by Gasteiger charge is 2.24. The summed E-state index contributed by atoms with van der Waals surface area (Å²) in [7, 11) is 2.07. The van der Waals surface area contributed by atoms with Crippen molar-refractivity contribution in [3.8, 4) is 0 Å². The Labute approximate surface area is 105 Å². The predicted molar refractivity (Wildman–Crippen MR) is 73.0 cm³/mol. The maximum absolute atomic E-state index is 10.5. The van der Waals surface area contributed by atoms with Crippen LogP contribution in [-0.2, 0) is 5.60 Å². The molecule has 0 radical (unpaired) electrons. The van der Waals surface area contributed by atoms with Gasteiger partial charge in [0.15, 0.2) is 0 Å². The van der Waals surface area contributed by atoms with Crippen LogP contribution in [0.4, 0.5) is 0 Å². The molecule has 0 saturated heterocycles. The molecule has 0 aliphatic rings. The molecule has 0 saturated carbocycles. The Morgan fingerprint density at radius 3 is 2.41 bits per heavy atom. The fraction of sp³-hybridized carbons (Fsp3) is 0.600. The molecule has 96 valence electrons. The first kappa shape index (κ1) is 14.2. The summed E-state index contributed by atoms with van der Waals surface area (Å²) in [6, 6.07) is 9.88. The van der Waals surface area contributed by atoms with Crippen LogP contribution in [0.15, 0.2) is 30.3 Å². The molecule has 0 spiro atoms. The maximum atomic E-state index is 10.5. The normalized spacial score (nSPS) is 16.8. The molecule has 0 amide bonds. The minimum atomic E-state index is -0.774. The number of hydrogen-bond donors (Lipinski definition) is 1. The Hall–Kier alpha value is -0.860. The summed E-state index contributed by atoms with van der Waals surface area (Å²) in [5.41, 5.74) is 0.208. The van der Waals surface area contributed by atoms with E-state index in [9.17, 15) is 5.11 Å². The molecule has 1 N–H and O–H groups in total. The van der Waals surface area contributed by atoms with Gasteiger partial charge in [0.1, 0.15) is 0 Å². The lowest BCUT2D eigenvalue weighted by Gasteiger charge is -2.30. The number of nitrogens with zero attached hydrogens (tertiary/aromatic N) is 1. The molecule has 0 fully saturated rings. The van der Waals surface area contributed by atoms with Crippen LogP contribution in [0.25, 0.3) is 0 Å². The van der Waals surface area contributed by atoms with Gasteiger partial charge in [0.25, 0.3) is 0 Å². The average molecular weight is 235 g/mol. The van der Waals surface area contributed by atoms with E-state index in [2.05, 4.69) is 25.8 Å². The van der Waals surface area contributed by atoms with Gasteiger partial charge in [0, 0.05) is 13.1 Å². The molecule has 0 heterocycles. The molecule has 1 rings (SSSR count). The van der Waals surface area contributed by atoms with E-state index < -0.39 is 5.60 Å². The van der Waals surface area contributed by atoms with Crippen molar-refractivity contribution in [2.45, 2.75) is 32.8 Å². The van der Waals surface area contributed by atoms with E-state index >= 15 is 0 Å². The van der Waals surface area contributed by atoms with Crippen LogP contribution in [-0.4, -0.2) is 30.1 Å². The summed E-state index contributed by atoms with van der Waals surface area (Å²) in [5, 5.41) is 10.5. The van der Waals surface area contributed by atoms with Crippen LogP contribution >= 0.6 is 0 Å². The largest absolute Gasteiger partial charge is 0.384 e. The third-order valence-electron chi connectivity index (χ3n) is 3.29. The van der Waals surface area contributed by atoms with Crippen molar-refractivity contribution in [2.24, 2.45) is 5.92 Å². The van der Waals surface area contributed by atoms with Gasteiger partial charge in [0.2, 0.25) is 0 Å². The van der Waals surface area contributed by atoms with Gasteiger partial charge in [-0.15, -0.1) is 0 Å². The van der Waals surface area contributed by atoms with Crippen molar-refractivity contribution in [3.63, 3.8) is 0 Å². The smallest absolute Gasteiger partial charge is 0.0994 e. The summed E-state index contributed by atoms with van der Waals surface area (Å²) >= 11 is 0. The number of aliphatic hydroxyl groups is 1. The number of likely N-dealkylation sites (N-methyl/N-ethyl adjacent to an activating group) is 1. The second-order valence-electron chi connectivity index (χ2n) is 5.35. The van der Waals surface area contributed by atoms with Crippen LogP contribution in [0.1, 0.15) is 32.8 Å². The highest BCUT2D eigenvalue weighted by molar-refractivity contribution is 5.21. The molecule has 2 unspecified atom stereocenters. The fourth-order valence-corrected chi connectivity index (χ4v) is 2.14. The molecule has 0 bridgehead atoms. The van der Waals surface area contributed by atoms with E-state index in [0.717, 1.165) is 12.1 Å². The molecule has 2 atom stereocenters. The minimum Gasteiger partial charge on any atom is -0.384 e. The molecule has 1 aromatic rings. The number of hydrogen-bond acceptors (Lipinski definition) is 2. The Balaban J connectivity index is 2.60. The van der Waals surface area contributed by atoms with Crippen LogP contribution in [0.3, 0.4) is 0 Å². The van der Waals surface area contributed by atoms with Crippen molar-refractivity contribution < 1.29 is 5.11 Å². The molecule has 1 aromatic carbocycles. The van der Waals surface area contributed by atoms with Gasteiger partial charge in [-0.05, 0) is 25.5 Å². The summed E-state index contributed by atoms with van der Waals surface area (Å²) in [5.74, 6) is 0.673. The molecular formula is C15H25NO. The molecular weight excluding hydrogens is 210 g/mol. The molecule has 17 heavy (non-hydrogen) atoms. The van der Waals surface area contributed by atoms with E-state index in [-0.39, 0.29) is 0 Å². The topological polar surface area (TPSA) is 23.5 Å². The quantitative estimate of drug-likeness (QED) is 0.819. The lowest BCUT2D eigenvalue weighted by atomic mass is 9.95. The number of benzene rings is 1. The Morgan fingerprint density at radius 2 is 1.88 bits per heavy atom. The fourth-order valence-electron chi connectivity index (χ4n) is 2.14. The van der Waals surface area contributed by atoms with E-state index in [1.54, 1.807) is 0 Å². The average Bonchev–Trinajstić information content (AvgIpc) is 2.29. The van der Waals surface area contributed by atoms with Gasteiger partial charge in [-0.25, -0.2) is 0 Å². The number of rotatable bonds is 6. The summed E-state index contributed by atoms with van der Waals surface area (Å²) in [4.78, 5) is 2.21. The zero-order valence-corrected chi connectivity index (χ0v) is 11.5. The first-order valence-corrected chi connectivity index (χ1v) is 6.42. The van der Waals surface area contributed by atoms with Crippen LogP contribution in [0.5, 0.6) is 0 Å². The minimum absolute atomic E-state index is 0.668.